The van der Waals surface area contributed by atoms with Gasteiger partial charge in [0.1, 0.15) is 17.1 Å². The number of alkyl halides is 3. The molecule has 4 aromatic rings. The van der Waals surface area contributed by atoms with Crippen LogP contribution in [0.15, 0.2) is 76.4 Å². The molecule has 5 rings (SSSR count). The molecular weight excluding hydrogens is 535 g/mol. The first-order valence-electron chi connectivity index (χ1n) is 11.5. The maximum atomic E-state index is 12.4. The summed E-state index contributed by atoms with van der Waals surface area (Å²) in [5, 5.41) is 22.3. The van der Waals surface area contributed by atoms with Crippen molar-refractivity contribution in [2.24, 2.45) is 5.10 Å². The third-order valence-electron chi connectivity index (χ3n) is 5.90. The van der Waals surface area contributed by atoms with Crippen LogP contribution in [0, 0.1) is 10.1 Å². The Balaban J connectivity index is 1.27. The van der Waals surface area contributed by atoms with Crippen LogP contribution >= 0.6 is 12.2 Å². The average Bonchev–Trinajstić information content (AvgIpc) is 3.33. The van der Waals surface area contributed by atoms with E-state index in [0.717, 1.165) is 22.3 Å². The first-order valence-corrected chi connectivity index (χ1v) is 11.9. The summed E-state index contributed by atoms with van der Waals surface area (Å²) < 4.78 is 46.8. The van der Waals surface area contributed by atoms with E-state index < -0.39 is 11.3 Å². The van der Waals surface area contributed by atoms with Gasteiger partial charge >= 0.3 is 6.36 Å². The molecule has 9 nitrogen and oxygen atoms in total. The Morgan fingerprint density at radius 1 is 1.13 bits per heavy atom. The van der Waals surface area contributed by atoms with E-state index >= 15 is 0 Å². The van der Waals surface area contributed by atoms with Gasteiger partial charge < -0.3 is 14.6 Å². The molecule has 1 heterocycles. The number of halogens is 3. The van der Waals surface area contributed by atoms with E-state index in [-0.39, 0.29) is 22.2 Å². The lowest BCUT2D eigenvalue weighted by Gasteiger charge is -2.16. The van der Waals surface area contributed by atoms with E-state index in [4.69, 9.17) is 16.7 Å². The molecule has 39 heavy (non-hydrogen) atoms. The van der Waals surface area contributed by atoms with Gasteiger partial charge in [0.2, 0.25) is 0 Å². The minimum Gasteiger partial charge on any atom is -0.406 e. The quantitative estimate of drug-likeness (QED) is 0.125. The standard InChI is InChI=1S/C26H18F3N5O4S/c27-26(28,29)37-18-9-6-16(7-10-18)24-20-12-8-17-13-15(5-11-19(17)23(20)33-38-24)14-30-32-25(39)31-21-3-1-2-4-22(21)34(35)36/h1-7,9-11,13-14H,8,12H2,(H2,31,32,39)/b30-14+. The predicted molar refractivity (Wildman–Crippen MR) is 142 cm³/mol. The molecule has 0 bridgehead atoms. The number of benzene rings is 3. The molecule has 0 unspecified atom stereocenters. The van der Waals surface area contributed by atoms with Gasteiger partial charge in [-0.3, -0.25) is 15.5 Å². The Morgan fingerprint density at radius 3 is 2.64 bits per heavy atom. The lowest BCUT2D eigenvalue weighted by atomic mass is 9.87. The fourth-order valence-electron chi connectivity index (χ4n) is 4.23. The van der Waals surface area contributed by atoms with Crippen LogP contribution in [-0.2, 0) is 12.8 Å². The number of ether oxygens (including phenoxy) is 1. The van der Waals surface area contributed by atoms with Gasteiger partial charge in [-0.2, -0.15) is 5.10 Å². The van der Waals surface area contributed by atoms with E-state index in [9.17, 15) is 23.3 Å². The summed E-state index contributed by atoms with van der Waals surface area (Å²) in [6, 6.07) is 17.3. The monoisotopic (exact) mass is 553 g/mol. The molecule has 0 saturated carbocycles. The number of aromatic nitrogens is 1. The molecule has 1 aromatic heterocycles. The second-order valence-electron chi connectivity index (χ2n) is 8.43. The summed E-state index contributed by atoms with van der Waals surface area (Å²) in [4.78, 5) is 10.6. The molecule has 2 N–H and O–H groups in total. The number of thiocarbonyl (C=S) groups is 1. The molecule has 0 radical (unpaired) electrons. The van der Waals surface area contributed by atoms with Crippen molar-refractivity contribution < 1.29 is 27.4 Å². The molecule has 1 aliphatic carbocycles. The molecule has 0 spiro atoms. The van der Waals surface area contributed by atoms with Gasteiger partial charge in [-0.15, -0.1) is 13.2 Å². The fourth-order valence-corrected chi connectivity index (χ4v) is 4.40. The summed E-state index contributed by atoms with van der Waals surface area (Å²) in [5.74, 6) is 0.190. The van der Waals surface area contributed by atoms with Crippen LogP contribution in [0.5, 0.6) is 5.75 Å². The number of fused-ring (bicyclic) bond motifs is 3. The zero-order chi connectivity index (χ0) is 27.6. The maximum absolute atomic E-state index is 12.4. The van der Waals surface area contributed by atoms with Crippen molar-refractivity contribution in [1.29, 1.82) is 0 Å². The van der Waals surface area contributed by atoms with Gasteiger partial charge in [0.25, 0.3) is 5.69 Å². The molecule has 198 valence electrons. The normalized spacial score (nSPS) is 12.5. The van der Waals surface area contributed by atoms with Crippen molar-refractivity contribution in [3.05, 3.63) is 93.5 Å². The van der Waals surface area contributed by atoms with Gasteiger partial charge in [0.05, 0.1) is 11.1 Å². The number of rotatable bonds is 6. The Morgan fingerprint density at radius 2 is 1.90 bits per heavy atom. The highest BCUT2D eigenvalue weighted by Crippen LogP contribution is 2.39. The molecule has 0 amide bonds. The molecule has 0 atom stereocenters. The minimum atomic E-state index is -4.76. The third-order valence-corrected chi connectivity index (χ3v) is 6.09. The first-order chi connectivity index (χ1) is 18.7. The van der Waals surface area contributed by atoms with E-state index in [1.807, 2.05) is 18.2 Å². The number of hydrogen-bond donors (Lipinski definition) is 2. The average molecular weight is 554 g/mol. The Hall–Kier alpha value is -4.78. The van der Waals surface area contributed by atoms with Gasteiger partial charge in [0.15, 0.2) is 10.9 Å². The largest absolute Gasteiger partial charge is 0.573 e. The Bertz CT molecular complexity index is 1590. The van der Waals surface area contributed by atoms with Crippen molar-refractivity contribution in [2.75, 3.05) is 5.32 Å². The third kappa shape index (κ3) is 5.88. The van der Waals surface area contributed by atoms with Crippen LogP contribution in [0.25, 0.3) is 22.6 Å². The highest BCUT2D eigenvalue weighted by molar-refractivity contribution is 7.80. The van der Waals surface area contributed by atoms with Crippen LogP contribution in [0.1, 0.15) is 16.7 Å². The molecule has 0 aliphatic heterocycles. The minimum absolute atomic E-state index is 0.0938. The second-order valence-corrected chi connectivity index (χ2v) is 8.83. The van der Waals surface area contributed by atoms with Crippen LogP contribution in [0.3, 0.4) is 0 Å². The number of nitro benzene ring substituents is 1. The second kappa shape index (κ2) is 10.5. The van der Waals surface area contributed by atoms with Crippen LogP contribution in [0.4, 0.5) is 24.5 Å². The van der Waals surface area contributed by atoms with Crippen molar-refractivity contribution >= 4 is 34.9 Å². The number of anilines is 1. The topological polar surface area (TPSA) is 115 Å². The SMILES string of the molecule is O=[N+]([O-])c1ccccc1NC(=S)N/N=C/c1ccc2c(c1)CCc1c-2noc1-c1ccc(OC(F)(F)F)cc1. The summed E-state index contributed by atoms with van der Waals surface area (Å²) in [7, 11) is 0. The number of nitro groups is 1. The van der Waals surface area contributed by atoms with Crippen molar-refractivity contribution in [2.45, 2.75) is 19.2 Å². The molecule has 1 aliphatic rings. The zero-order valence-corrected chi connectivity index (χ0v) is 20.7. The fraction of sp³-hybridized carbons (Fsp3) is 0.115. The summed E-state index contributed by atoms with van der Waals surface area (Å²) in [6.45, 7) is 0. The van der Waals surface area contributed by atoms with Crippen molar-refractivity contribution in [1.82, 2.24) is 10.6 Å². The number of hydrazone groups is 1. The highest BCUT2D eigenvalue weighted by atomic mass is 32.1. The zero-order valence-electron chi connectivity index (χ0n) is 19.9. The van der Waals surface area contributed by atoms with Crippen LogP contribution in [0.2, 0.25) is 0 Å². The molecule has 0 fully saturated rings. The molecular formula is C26H18F3N5O4S. The van der Waals surface area contributed by atoms with Crippen LogP contribution < -0.4 is 15.5 Å². The number of nitrogens with zero attached hydrogens (tertiary/aromatic N) is 3. The summed E-state index contributed by atoms with van der Waals surface area (Å²) >= 11 is 5.18. The lowest BCUT2D eigenvalue weighted by molar-refractivity contribution is -0.383. The van der Waals surface area contributed by atoms with Crippen LogP contribution in [-0.4, -0.2) is 27.8 Å². The van der Waals surface area contributed by atoms with Gasteiger partial charge in [-0.05, 0) is 72.6 Å². The number of hydrogen-bond acceptors (Lipinski definition) is 7. The lowest BCUT2D eigenvalue weighted by Crippen LogP contribution is -2.24. The van der Waals surface area contributed by atoms with Crippen molar-refractivity contribution in [3.8, 4) is 28.3 Å². The molecule has 3 aromatic carbocycles. The smallest absolute Gasteiger partial charge is 0.406 e. The van der Waals surface area contributed by atoms with E-state index in [1.54, 1.807) is 24.4 Å². The highest BCUT2D eigenvalue weighted by Gasteiger charge is 2.31. The molecule has 0 saturated heterocycles. The Labute approximate surface area is 224 Å². The first kappa shape index (κ1) is 25.9. The van der Waals surface area contributed by atoms with Crippen molar-refractivity contribution in [3.63, 3.8) is 0 Å². The number of para-hydroxylation sites is 2. The van der Waals surface area contributed by atoms with E-state index in [2.05, 4.69) is 25.7 Å². The Kier molecular flexibility index (Phi) is 6.98. The van der Waals surface area contributed by atoms with E-state index in [0.29, 0.717) is 29.9 Å². The van der Waals surface area contributed by atoms with Gasteiger partial charge in [-0.1, -0.05) is 29.4 Å². The predicted octanol–water partition coefficient (Wildman–Crippen LogP) is 6.23. The van der Waals surface area contributed by atoms with Gasteiger partial charge in [0, 0.05) is 22.8 Å². The van der Waals surface area contributed by atoms with E-state index in [1.165, 1.54) is 30.3 Å². The summed E-state index contributed by atoms with van der Waals surface area (Å²) in [6.07, 6.45) is -1.87. The number of aryl methyl sites for hydroxylation is 1. The van der Waals surface area contributed by atoms with Gasteiger partial charge in [-0.25, -0.2) is 0 Å². The maximum Gasteiger partial charge on any atom is 0.573 e. The number of nitrogens with one attached hydrogen (secondary N) is 2. The molecule has 13 heteroatoms. The summed E-state index contributed by atoms with van der Waals surface area (Å²) in [5.41, 5.74) is 7.65.